The Bertz CT molecular complexity index is 652. The lowest BCUT2D eigenvalue weighted by atomic mass is 9.97. The molecule has 3 heterocycles. The minimum atomic E-state index is 0.143. The first-order chi connectivity index (χ1) is 10.7. The van der Waals surface area contributed by atoms with Crippen molar-refractivity contribution in [1.82, 2.24) is 20.1 Å². The zero-order chi connectivity index (χ0) is 15.5. The summed E-state index contributed by atoms with van der Waals surface area (Å²) in [6, 6.07) is 4.00. The lowest BCUT2D eigenvalue weighted by Crippen LogP contribution is -2.39. The number of carbonyl (C=O) groups is 1. The Morgan fingerprint density at radius 2 is 2.41 bits per heavy atom. The molecule has 118 valence electrons. The number of likely N-dealkylation sites (tertiary alicyclic amines) is 1. The van der Waals surface area contributed by atoms with E-state index < -0.39 is 0 Å². The van der Waals surface area contributed by atoms with E-state index in [1.54, 1.807) is 23.1 Å². The molecule has 1 amide bonds. The van der Waals surface area contributed by atoms with Crippen molar-refractivity contribution in [2.75, 3.05) is 18.8 Å². The van der Waals surface area contributed by atoms with Crippen molar-refractivity contribution in [1.29, 1.82) is 0 Å². The van der Waals surface area contributed by atoms with Gasteiger partial charge in [-0.3, -0.25) is 9.89 Å². The van der Waals surface area contributed by atoms with E-state index in [1.165, 1.54) is 4.21 Å². The highest BCUT2D eigenvalue weighted by Gasteiger charge is 2.28. The van der Waals surface area contributed by atoms with E-state index in [-0.39, 0.29) is 11.8 Å². The van der Waals surface area contributed by atoms with E-state index in [4.69, 9.17) is 0 Å². The SMILES string of the molecule is CCSc1ccc(C(=O)N2CCCC(c3n[nH]c(C)n3)C2)s1. The molecule has 1 unspecified atom stereocenters. The summed E-state index contributed by atoms with van der Waals surface area (Å²) in [5.74, 6) is 3.09. The molecule has 1 N–H and O–H groups in total. The molecule has 0 bridgehead atoms. The third kappa shape index (κ3) is 3.35. The number of nitrogens with one attached hydrogen (secondary N) is 1. The Kier molecular flexibility index (Phi) is 4.83. The molecule has 1 fully saturated rings. The number of piperidine rings is 1. The van der Waals surface area contributed by atoms with Crippen LogP contribution in [-0.2, 0) is 0 Å². The summed E-state index contributed by atoms with van der Waals surface area (Å²) in [5.41, 5.74) is 0. The van der Waals surface area contributed by atoms with Crippen molar-refractivity contribution in [2.24, 2.45) is 0 Å². The highest BCUT2D eigenvalue weighted by Crippen LogP contribution is 2.30. The number of aromatic amines is 1. The first-order valence-corrected chi connectivity index (χ1v) is 9.38. The van der Waals surface area contributed by atoms with Crippen molar-refractivity contribution in [3.05, 3.63) is 28.7 Å². The monoisotopic (exact) mass is 336 g/mol. The number of amides is 1. The van der Waals surface area contributed by atoms with Crippen molar-refractivity contribution in [3.8, 4) is 0 Å². The van der Waals surface area contributed by atoms with Gasteiger partial charge in [0, 0.05) is 19.0 Å². The van der Waals surface area contributed by atoms with Crippen LogP contribution < -0.4 is 0 Å². The lowest BCUT2D eigenvalue weighted by Gasteiger charge is -2.31. The zero-order valence-electron chi connectivity index (χ0n) is 12.8. The maximum absolute atomic E-state index is 12.7. The number of rotatable bonds is 4. The van der Waals surface area contributed by atoms with Crippen LogP contribution in [0.25, 0.3) is 0 Å². The summed E-state index contributed by atoms with van der Waals surface area (Å²) in [7, 11) is 0. The van der Waals surface area contributed by atoms with Crippen molar-refractivity contribution in [2.45, 2.75) is 36.8 Å². The first-order valence-electron chi connectivity index (χ1n) is 7.58. The Morgan fingerprint density at radius 1 is 1.55 bits per heavy atom. The highest BCUT2D eigenvalue weighted by molar-refractivity contribution is 8.01. The topological polar surface area (TPSA) is 61.9 Å². The Hall–Kier alpha value is -1.34. The summed E-state index contributed by atoms with van der Waals surface area (Å²) >= 11 is 3.38. The number of nitrogens with zero attached hydrogens (tertiary/aromatic N) is 3. The molecule has 0 radical (unpaired) electrons. The molecule has 2 aromatic heterocycles. The molecule has 1 aliphatic rings. The summed E-state index contributed by atoms with van der Waals surface area (Å²) < 4.78 is 1.21. The molecule has 2 aromatic rings. The number of aromatic nitrogens is 3. The standard InChI is InChI=1S/C15H20N4OS2/c1-3-21-13-7-6-12(22-13)15(20)19-8-4-5-11(9-19)14-16-10(2)17-18-14/h6-7,11H,3-5,8-9H2,1-2H3,(H,16,17,18). The molecule has 5 nitrogen and oxygen atoms in total. The van der Waals surface area contributed by atoms with E-state index in [2.05, 4.69) is 22.1 Å². The van der Waals surface area contributed by atoms with Gasteiger partial charge in [-0.1, -0.05) is 6.92 Å². The highest BCUT2D eigenvalue weighted by atomic mass is 32.2. The largest absolute Gasteiger partial charge is 0.337 e. The predicted octanol–water partition coefficient (Wildman–Crippen LogP) is 3.31. The molecular formula is C15H20N4OS2. The summed E-state index contributed by atoms with van der Waals surface area (Å²) in [6.45, 7) is 5.57. The van der Waals surface area contributed by atoms with Crippen LogP contribution in [0.3, 0.4) is 0 Å². The first kappa shape index (κ1) is 15.6. The zero-order valence-corrected chi connectivity index (χ0v) is 14.5. The van der Waals surface area contributed by atoms with E-state index in [1.807, 2.05) is 24.0 Å². The molecule has 0 spiro atoms. The van der Waals surface area contributed by atoms with Gasteiger partial charge in [0.1, 0.15) is 5.82 Å². The van der Waals surface area contributed by atoms with E-state index >= 15 is 0 Å². The molecule has 0 saturated carbocycles. The van der Waals surface area contributed by atoms with E-state index in [0.717, 1.165) is 41.7 Å². The number of H-pyrrole nitrogens is 1. The van der Waals surface area contributed by atoms with Crippen molar-refractivity contribution in [3.63, 3.8) is 0 Å². The molecular weight excluding hydrogens is 316 g/mol. The number of hydrogen-bond acceptors (Lipinski definition) is 5. The fourth-order valence-corrected chi connectivity index (χ4v) is 4.74. The number of hydrogen-bond donors (Lipinski definition) is 1. The normalized spacial score (nSPS) is 18.6. The Morgan fingerprint density at radius 3 is 3.14 bits per heavy atom. The van der Waals surface area contributed by atoms with Crippen LogP contribution in [0.2, 0.25) is 0 Å². The van der Waals surface area contributed by atoms with Crippen LogP contribution in [0.4, 0.5) is 0 Å². The van der Waals surface area contributed by atoms with Gasteiger partial charge in [0.15, 0.2) is 5.82 Å². The molecule has 1 saturated heterocycles. The maximum Gasteiger partial charge on any atom is 0.263 e. The molecule has 3 rings (SSSR count). The second-order valence-electron chi connectivity index (χ2n) is 5.42. The fraction of sp³-hybridized carbons (Fsp3) is 0.533. The van der Waals surface area contributed by atoms with Gasteiger partial charge in [0.2, 0.25) is 0 Å². The van der Waals surface area contributed by atoms with Gasteiger partial charge < -0.3 is 4.90 Å². The number of thioether (sulfide) groups is 1. The average Bonchev–Trinajstić information content (AvgIpc) is 3.16. The van der Waals surface area contributed by atoms with Gasteiger partial charge in [-0.15, -0.1) is 23.1 Å². The second kappa shape index (κ2) is 6.83. The van der Waals surface area contributed by atoms with E-state index in [0.29, 0.717) is 6.54 Å². The quantitative estimate of drug-likeness (QED) is 0.870. The number of aryl methyl sites for hydroxylation is 1. The van der Waals surface area contributed by atoms with E-state index in [9.17, 15) is 4.79 Å². The molecule has 0 aromatic carbocycles. The molecule has 1 atom stereocenters. The third-order valence-corrected chi connectivity index (χ3v) is 5.95. The molecule has 7 heteroatoms. The van der Waals surface area contributed by atoms with Gasteiger partial charge in [0.25, 0.3) is 5.91 Å². The van der Waals surface area contributed by atoms with Crippen LogP contribution in [0.15, 0.2) is 16.3 Å². The van der Waals surface area contributed by atoms with Crippen LogP contribution in [0.5, 0.6) is 0 Å². The van der Waals surface area contributed by atoms with Gasteiger partial charge in [-0.25, -0.2) is 4.98 Å². The minimum Gasteiger partial charge on any atom is -0.337 e. The fourth-order valence-electron chi connectivity index (χ4n) is 2.73. The molecule has 0 aliphatic carbocycles. The molecule has 22 heavy (non-hydrogen) atoms. The Balaban J connectivity index is 1.69. The van der Waals surface area contributed by atoms with Gasteiger partial charge in [0.05, 0.1) is 9.09 Å². The summed E-state index contributed by atoms with van der Waals surface area (Å²) in [6.07, 6.45) is 2.05. The van der Waals surface area contributed by atoms with Crippen LogP contribution in [-0.4, -0.2) is 44.8 Å². The maximum atomic E-state index is 12.7. The third-order valence-electron chi connectivity index (χ3n) is 3.77. The summed E-state index contributed by atoms with van der Waals surface area (Å²) in [4.78, 5) is 19.9. The van der Waals surface area contributed by atoms with Crippen molar-refractivity contribution >= 4 is 29.0 Å². The molecule has 1 aliphatic heterocycles. The van der Waals surface area contributed by atoms with Gasteiger partial charge >= 0.3 is 0 Å². The van der Waals surface area contributed by atoms with Gasteiger partial charge in [-0.05, 0) is 37.7 Å². The number of carbonyl (C=O) groups excluding carboxylic acids is 1. The smallest absolute Gasteiger partial charge is 0.263 e. The predicted molar refractivity (Wildman–Crippen MR) is 89.7 cm³/mol. The number of thiophene rings is 1. The average molecular weight is 336 g/mol. The van der Waals surface area contributed by atoms with Crippen LogP contribution in [0, 0.1) is 6.92 Å². The minimum absolute atomic E-state index is 0.143. The second-order valence-corrected chi connectivity index (χ2v) is 8.07. The Labute approximate surface area is 138 Å². The van der Waals surface area contributed by atoms with Gasteiger partial charge in [-0.2, -0.15) is 5.10 Å². The van der Waals surface area contributed by atoms with Crippen molar-refractivity contribution < 1.29 is 4.79 Å². The summed E-state index contributed by atoms with van der Waals surface area (Å²) in [5, 5.41) is 7.15. The van der Waals surface area contributed by atoms with Crippen LogP contribution in [0.1, 0.15) is 47.0 Å². The van der Waals surface area contributed by atoms with Crippen LogP contribution >= 0.6 is 23.1 Å². The lowest BCUT2D eigenvalue weighted by molar-refractivity contribution is 0.0709.